The SMILES string of the molecule is COc1cc(C(=O)O)cc2sc(N3CCN(Cc4c(-c5c(Cl)cccc5Cl)noc4C4CC4)C[C@H]3C)nc12. The van der Waals surface area contributed by atoms with Crippen LogP contribution < -0.4 is 9.64 Å². The number of rotatable bonds is 7. The Morgan fingerprint density at radius 1 is 1.24 bits per heavy atom. The minimum absolute atomic E-state index is 0.186. The molecular weight excluding hydrogens is 547 g/mol. The van der Waals surface area contributed by atoms with E-state index in [1.165, 1.54) is 24.5 Å². The quantitative estimate of drug-likeness (QED) is 0.266. The number of carbonyl (C=O) groups is 1. The molecule has 1 saturated heterocycles. The smallest absolute Gasteiger partial charge is 0.335 e. The molecule has 1 aliphatic carbocycles. The number of benzene rings is 2. The topological polar surface area (TPSA) is 91.9 Å². The molecule has 198 valence electrons. The Morgan fingerprint density at radius 2 is 2.00 bits per heavy atom. The number of ether oxygens (including phenoxy) is 1. The van der Waals surface area contributed by atoms with Gasteiger partial charge in [0, 0.05) is 49.3 Å². The first-order valence-electron chi connectivity index (χ1n) is 12.5. The fourth-order valence-electron chi connectivity index (χ4n) is 5.14. The Bertz CT molecular complexity index is 1510. The first kappa shape index (κ1) is 25.4. The number of carboxylic acids is 1. The lowest BCUT2D eigenvalue weighted by atomic mass is 10.0. The van der Waals surface area contributed by atoms with Crippen LogP contribution in [0.2, 0.25) is 10.0 Å². The lowest BCUT2D eigenvalue weighted by Gasteiger charge is -2.39. The molecular formula is C27H26Cl2N4O4S. The number of anilines is 1. The van der Waals surface area contributed by atoms with Gasteiger partial charge in [-0.2, -0.15) is 0 Å². The summed E-state index contributed by atoms with van der Waals surface area (Å²) < 4.78 is 12.1. The van der Waals surface area contributed by atoms with Gasteiger partial charge in [0.05, 0.1) is 27.4 Å². The predicted molar refractivity (Wildman–Crippen MR) is 149 cm³/mol. The first-order chi connectivity index (χ1) is 18.3. The lowest BCUT2D eigenvalue weighted by Crippen LogP contribution is -2.51. The van der Waals surface area contributed by atoms with Crippen LogP contribution in [0.3, 0.4) is 0 Å². The summed E-state index contributed by atoms with van der Waals surface area (Å²) in [6.45, 7) is 5.29. The average Bonchev–Trinajstić information content (AvgIpc) is 3.51. The highest BCUT2D eigenvalue weighted by atomic mass is 35.5. The first-order valence-corrected chi connectivity index (χ1v) is 14.0. The molecule has 0 unspecified atom stereocenters. The monoisotopic (exact) mass is 572 g/mol. The summed E-state index contributed by atoms with van der Waals surface area (Å²) in [5, 5.41) is 15.9. The summed E-state index contributed by atoms with van der Waals surface area (Å²) in [6.07, 6.45) is 2.21. The summed E-state index contributed by atoms with van der Waals surface area (Å²) in [4.78, 5) is 21.1. The third kappa shape index (κ3) is 4.62. The Morgan fingerprint density at radius 3 is 2.66 bits per heavy atom. The Kier molecular flexibility index (Phi) is 6.72. The third-order valence-corrected chi connectivity index (χ3v) is 8.89. The molecule has 2 aliphatic rings. The van der Waals surface area contributed by atoms with Gasteiger partial charge in [-0.25, -0.2) is 9.78 Å². The van der Waals surface area contributed by atoms with Gasteiger partial charge < -0.3 is 19.3 Å². The molecule has 0 radical (unpaired) electrons. The van der Waals surface area contributed by atoms with E-state index in [2.05, 4.69) is 21.9 Å². The summed E-state index contributed by atoms with van der Waals surface area (Å²) in [5.74, 6) is 0.830. The van der Waals surface area contributed by atoms with Crippen molar-refractivity contribution in [2.24, 2.45) is 0 Å². The van der Waals surface area contributed by atoms with Crippen LogP contribution in [-0.2, 0) is 6.54 Å². The average molecular weight is 574 g/mol. The number of nitrogens with zero attached hydrogens (tertiary/aromatic N) is 4. The molecule has 8 nitrogen and oxygen atoms in total. The summed E-state index contributed by atoms with van der Waals surface area (Å²) >= 11 is 14.6. The van der Waals surface area contributed by atoms with E-state index in [-0.39, 0.29) is 11.6 Å². The van der Waals surface area contributed by atoms with E-state index in [1.54, 1.807) is 6.07 Å². The van der Waals surface area contributed by atoms with Gasteiger partial charge in [0.15, 0.2) is 5.13 Å². The van der Waals surface area contributed by atoms with Crippen molar-refractivity contribution < 1.29 is 19.2 Å². The van der Waals surface area contributed by atoms with Crippen molar-refractivity contribution in [3.63, 3.8) is 0 Å². The number of halogens is 2. The molecule has 1 atom stereocenters. The number of hydrogen-bond donors (Lipinski definition) is 1. The van der Waals surface area contributed by atoms with E-state index in [4.69, 9.17) is 37.4 Å². The van der Waals surface area contributed by atoms with Crippen LogP contribution >= 0.6 is 34.5 Å². The molecule has 4 aromatic rings. The predicted octanol–water partition coefficient (Wildman–Crippen LogP) is 6.55. The molecule has 2 aromatic heterocycles. The zero-order valence-electron chi connectivity index (χ0n) is 20.9. The van der Waals surface area contributed by atoms with Gasteiger partial charge in [0.1, 0.15) is 22.7 Å². The van der Waals surface area contributed by atoms with Crippen molar-refractivity contribution in [1.82, 2.24) is 15.0 Å². The highest BCUT2D eigenvalue weighted by Crippen LogP contribution is 2.46. The van der Waals surface area contributed by atoms with Crippen molar-refractivity contribution >= 4 is 55.9 Å². The molecule has 0 bridgehead atoms. The number of methoxy groups -OCH3 is 1. The molecule has 1 aliphatic heterocycles. The number of aromatic nitrogens is 2. The molecule has 6 rings (SSSR count). The normalized spacial score (nSPS) is 18.3. The van der Waals surface area contributed by atoms with E-state index in [0.717, 1.165) is 64.9 Å². The molecule has 38 heavy (non-hydrogen) atoms. The zero-order valence-corrected chi connectivity index (χ0v) is 23.2. The van der Waals surface area contributed by atoms with Gasteiger partial charge in [-0.3, -0.25) is 4.90 Å². The highest BCUT2D eigenvalue weighted by Gasteiger charge is 2.35. The maximum absolute atomic E-state index is 11.5. The highest BCUT2D eigenvalue weighted by molar-refractivity contribution is 7.22. The van der Waals surface area contributed by atoms with E-state index < -0.39 is 5.97 Å². The fourth-order valence-corrected chi connectivity index (χ4v) is 6.86. The number of hydrogen-bond acceptors (Lipinski definition) is 8. The summed E-state index contributed by atoms with van der Waals surface area (Å²) in [7, 11) is 1.53. The molecule has 0 spiro atoms. The second-order valence-electron chi connectivity index (χ2n) is 9.85. The van der Waals surface area contributed by atoms with Gasteiger partial charge in [-0.15, -0.1) is 0 Å². The van der Waals surface area contributed by atoms with Crippen molar-refractivity contribution in [1.29, 1.82) is 0 Å². The van der Waals surface area contributed by atoms with Gasteiger partial charge in [-0.1, -0.05) is 45.8 Å². The molecule has 0 amide bonds. The van der Waals surface area contributed by atoms with Crippen LogP contribution in [0.1, 0.15) is 47.4 Å². The largest absolute Gasteiger partial charge is 0.494 e. The van der Waals surface area contributed by atoms with Gasteiger partial charge in [-0.05, 0) is 44.0 Å². The van der Waals surface area contributed by atoms with Crippen LogP contribution in [0.25, 0.3) is 21.5 Å². The second kappa shape index (κ2) is 10.0. The Labute approximate surface area is 233 Å². The van der Waals surface area contributed by atoms with Gasteiger partial charge in [0.2, 0.25) is 0 Å². The van der Waals surface area contributed by atoms with E-state index in [0.29, 0.717) is 33.8 Å². The molecule has 2 fully saturated rings. The van der Waals surface area contributed by atoms with Crippen molar-refractivity contribution in [2.75, 3.05) is 31.6 Å². The van der Waals surface area contributed by atoms with Crippen LogP contribution in [0.5, 0.6) is 5.75 Å². The Balaban J connectivity index is 1.25. The number of carboxylic acid groups (broad SMARTS) is 1. The van der Waals surface area contributed by atoms with Crippen LogP contribution in [0.4, 0.5) is 5.13 Å². The number of aromatic carboxylic acids is 1. The van der Waals surface area contributed by atoms with Crippen LogP contribution in [0, 0.1) is 0 Å². The standard InChI is InChI=1S/C27H26Cl2N4O4S/c1-14-12-32(8-9-33(14)27-30-24-20(36-2)10-16(26(34)35)11-21(24)38-27)13-17-23(31-37-25(17)15-6-7-15)22-18(28)4-3-5-19(22)29/h3-5,10-11,14-15H,6-9,12-13H2,1-2H3,(H,34,35)/t14-/m1/s1. The number of fused-ring (bicyclic) bond motifs is 1. The van der Waals surface area contributed by atoms with Crippen LogP contribution in [-0.4, -0.2) is 58.9 Å². The molecule has 11 heteroatoms. The van der Waals surface area contributed by atoms with E-state index in [1.807, 2.05) is 18.2 Å². The maximum atomic E-state index is 11.5. The minimum atomic E-state index is -0.987. The van der Waals surface area contributed by atoms with Crippen LogP contribution in [0.15, 0.2) is 34.9 Å². The maximum Gasteiger partial charge on any atom is 0.335 e. The van der Waals surface area contributed by atoms with Gasteiger partial charge in [0.25, 0.3) is 0 Å². The molecule has 3 heterocycles. The fraction of sp³-hybridized carbons (Fsp3) is 0.370. The number of thiazole rings is 1. The van der Waals surface area contributed by atoms with Gasteiger partial charge >= 0.3 is 5.97 Å². The van der Waals surface area contributed by atoms with E-state index in [9.17, 15) is 9.90 Å². The zero-order chi connectivity index (χ0) is 26.6. The van der Waals surface area contributed by atoms with Crippen molar-refractivity contribution in [2.45, 2.75) is 38.3 Å². The van der Waals surface area contributed by atoms with Crippen molar-refractivity contribution in [3.8, 4) is 17.0 Å². The van der Waals surface area contributed by atoms with E-state index >= 15 is 0 Å². The summed E-state index contributed by atoms with van der Waals surface area (Å²) in [6, 6.07) is 8.85. The van der Waals surface area contributed by atoms with Crippen molar-refractivity contribution in [3.05, 3.63) is 57.3 Å². The molecule has 2 aromatic carbocycles. The number of piperazine rings is 1. The lowest BCUT2D eigenvalue weighted by molar-refractivity contribution is 0.0696. The third-order valence-electron chi connectivity index (χ3n) is 7.22. The summed E-state index contributed by atoms with van der Waals surface area (Å²) in [5.41, 5.74) is 3.39. The Hall–Kier alpha value is -2.85. The molecule has 1 N–H and O–H groups in total. The minimum Gasteiger partial charge on any atom is -0.494 e. The molecule has 1 saturated carbocycles. The second-order valence-corrected chi connectivity index (χ2v) is 11.7.